The molecule has 100 valence electrons. The van der Waals surface area contributed by atoms with E-state index in [-0.39, 0.29) is 16.5 Å². The molecule has 2 unspecified atom stereocenters. The number of aromatic carboxylic acids is 1. The number of carbonyl (C=O) groups is 1. The molecule has 2 atom stereocenters. The number of aromatic nitrogens is 1. The molecule has 1 aromatic rings. The molecule has 0 amide bonds. The van der Waals surface area contributed by atoms with E-state index < -0.39 is 16.8 Å². The second-order valence-corrected chi connectivity index (χ2v) is 5.75. The van der Waals surface area contributed by atoms with Crippen LogP contribution in [0.3, 0.4) is 0 Å². The lowest BCUT2D eigenvalue weighted by atomic mass is 10.2. The van der Waals surface area contributed by atoms with Crippen LogP contribution < -0.4 is 11.1 Å². The van der Waals surface area contributed by atoms with Crippen molar-refractivity contribution >= 4 is 28.3 Å². The molecular weight excluding hydrogens is 254 g/mol. The zero-order valence-electron chi connectivity index (χ0n) is 10.3. The number of nitrogens with one attached hydrogen (secondary N) is 1. The van der Waals surface area contributed by atoms with E-state index >= 15 is 0 Å². The molecule has 0 aromatic carbocycles. The second kappa shape index (κ2) is 6.34. The summed E-state index contributed by atoms with van der Waals surface area (Å²) < 4.78 is 11.2. The van der Waals surface area contributed by atoms with Crippen LogP contribution in [-0.2, 0) is 10.8 Å². The summed E-state index contributed by atoms with van der Waals surface area (Å²) in [4.78, 5) is 14.9. The molecule has 1 heterocycles. The molecule has 0 aliphatic carbocycles. The predicted octanol–water partition coefficient (Wildman–Crippen LogP) is 0.931. The maximum absolute atomic E-state index is 11.2. The van der Waals surface area contributed by atoms with Crippen LogP contribution in [0.1, 0.15) is 23.7 Å². The van der Waals surface area contributed by atoms with Crippen molar-refractivity contribution in [1.82, 2.24) is 4.98 Å². The Labute approximate surface area is 108 Å². The average Bonchev–Trinajstić information content (AvgIpc) is 2.30. The van der Waals surface area contributed by atoms with Gasteiger partial charge in [0.1, 0.15) is 5.82 Å². The molecule has 1 rings (SSSR count). The fraction of sp³-hybridized carbons (Fsp3) is 0.455. The van der Waals surface area contributed by atoms with Gasteiger partial charge >= 0.3 is 5.97 Å². The van der Waals surface area contributed by atoms with E-state index in [0.717, 1.165) is 0 Å². The highest BCUT2D eigenvalue weighted by molar-refractivity contribution is 7.84. The lowest BCUT2D eigenvalue weighted by Gasteiger charge is -2.12. The molecule has 0 aliphatic rings. The van der Waals surface area contributed by atoms with Crippen molar-refractivity contribution in [2.75, 3.05) is 23.9 Å². The van der Waals surface area contributed by atoms with Crippen LogP contribution in [0.4, 0.5) is 11.5 Å². The molecule has 0 saturated carbocycles. The van der Waals surface area contributed by atoms with Gasteiger partial charge in [-0.25, -0.2) is 9.78 Å². The number of pyridine rings is 1. The van der Waals surface area contributed by atoms with Gasteiger partial charge in [0.25, 0.3) is 0 Å². The topological polar surface area (TPSA) is 105 Å². The monoisotopic (exact) mass is 271 g/mol. The Morgan fingerprint density at radius 3 is 2.89 bits per heavy atom. The summed E-state index contributed by atoms with van der Waals surface area (Å²) >= 11 is 0. The smallest absolute Gasteiger partial charge is 0.337 e. The molecular formula is C11H17N3O3S. The zero-order valence-corrected chi connectivity index (χ0v) is 11.2. The predicted molar refractivity (Wildman–Crippen MR) is 72.2 cm³/mol. The Balaban J connectivity index is 2.66. The van der Waals surface area contributed by atoms with Crippen molar-refractivity contribution in [1.29, 1.82) is 0 Å². The number of anilines is 2. The highest BCUT2D eigenvalue weighted by atomic mass is 32.2. The summed E-state index contributed by atoms with van der Waals surface area (Å²) in [6.07, 6.45) is 3.74. The molecule has 0 spiro atoms. The molecule has 7 heteroatoms. The molecule has 1 aromatic heterocycles. The van der Waals surface area contributed by atoms with Crippen LogP contribution in [0.2, 0.25) is 0 Å². The number of hydrogen-bond donors (Lipinski definition) is 3. The van der Waals surface area contributed by atoms with Gasteiger partial charge in [-0.3, -0.25) is 4.21 Å². The van der Waals surface area contributed by atoms with E-state index in [1.165, 1.54) is 12.3 Å². The molecule has 6 nitrogen and oxygen atoms in total. The van der Waals surface area contributed by atoms with Crippen molar-refractivity contribution in [3.8, 4) is 0 Å². The fourth-order valence-corrected chi connectivity index (χ4v) is 1.81. The molecule has 0 aliphatic heterocycles. The fourth-order valence-electron chi connectivity index (χ4n) is 1.36. The van der Waals surface area contributed by atoms with Crippen LogP contribution in [0.5, 0.6) is 0 Å². The largest absolute Gasteiger partial charge is 0.478 e. The normalized spacial score (nSPS) is 13.9. The highest BCUT2D eigenvalue weighted by Crippen LogP contribution is 2.19. The van der Waals surface area contributed by atoms with Crippen molar-refractivity contribution < 1.29 is 14.1 Å². The van der Waals surface area contributed by atoms with Crippen LogP contribution in [0.15, 0.2) is 12.3 Å². The van der Waals surface area contributed by atoms with Gasteiger partial charge in [-0.15, -0.1) is 0 Å². The SMILES string of the molecule is CC(CCNc1nccc(C(=O)O)c1N)S(C)=O. The number of rotatable bonds is 6. The number of nitrogens with two attached hydrogens (primary N) is 1. The molecule has 18 heavy (non-hydrogen) atoms. The second-order valence-electron chi connectivity index (χ2n) is 3.95. The van der Waals surface area contributed by atoms with Gasteiger partial charge in [0.05, 0.1) is 11.3 Å². The molecule has 0 bridgehead atoms. The van der Waals surface area contributed by atoms with Gasteiger partial charge in [-0.1, -0.05) is 6.92 Å². The summed E-state index contributed by atoms with van der Waals surface area (Å²) in [5.41, 5.74) is 5.84. The van der Waals surface area contributed by atoms with Crippen LogP contribution in [0, 0.1) is 0 Å². The molecule has 0 fully saturated rings. The average molecular weight is 271 g/mol. The van der Waals surface area contributed by atoms with Crippen LogP contribution in [0.25, 0.3) is 0 Å². The van der Waals surface area contributed by atoms with E-state index in [9.17, 15) is 9.00 Å². The lowest BCUT2D eigenvalue weighted by Crippen LogP contribution is -2.16. The summed E-state index contributed by atoms with van der Waals surface area (Å²) in [5.74, 6) is -0.732. The van der Waals surface area contributed by atoms with Gasteiger partial charge in [-0.05, 0) is 12.5 Å². The van der Waals surface area contributed by atoms with Gasteiger partial charge < -0.3 is 16.2 Å². The number of carboxylic acids is 1. The van der Waals surface area contributed by atoms with Crippen molar-refractivity contribution in [3.63, 3.8) is 0 Å². The Bertz CT molecular complexity index is 465. The lowest BCUT2D eigenvalue weighted by molar-refractivity contribution is 0.0698. The maximum atomic E-state index is 11.2. The Kier molecular flexibility index (Phi) is 5.08. The minimum absolute atomic E-state index is 0.0274. The van der Waals surface area contributed by atoms with E-state index in [1.54, 1.807) is 6.26 Å². The minimum atomic E-state index is -1.08. The molecule has 0 saturated heterocycles. The van der Waals surface area contributed by atoms with Gasteiger partial charge in [-0.2, -0.15) is 0 Å². The Morgan fingerprint density at radius 1 is 1.67 bits per heavy atom. The minimum Gasteiger partial charge on any atom is -0.478 e. The third-order valence-electron chi connectivity index (χ3n) is 2.63. The third-order valence-corrected chi connectivity index (χ3v) is 4.00. The zero-order chi connectivity index (χ0) is 13.7. The molecule has 0 radical (unpaired) electrons. The first-order chi connectivity index (χ1) is 8.43. The van der Waals surface area contributed by atoms with Gasteiger partial charge in [0, 0.05) is 35.0 Å². The maximum Gasteiger partial charge on any atom is 0.337 e. The summed E-state index contributed by atoms with van der Waals surface area (Å²) in [6, 6.07) is 1.35. The number of carboxylic acid groups (broad SMARTS) is 1. The first-order valence-corrected chi connectivity index (χ1v) is 7.09. The van der Waals surface area contributed by atoms with E-state index in [2.05, 4.69) is 10.3 Å². The summed E-state index contributed by atoms with van der Waals surface area (Å²) in [5, 5.41) is 11.9. The van der Waals surface area contributed by atoms with Crippen LogP contribution >= 0.6 is 0 Å². The van der Waals surface area contributed by atoms with Crippen molar-refractivity contribution in [2.45, 2.75) is 18.6 Å². The van der Waals surface area contributed by atoms with Crippen LogP contribution in [-0.4, -0.2) is 38.3 Å². The van der Waals surface area contributed by atoms with Gasteiger partial charge in [0.2, 0.25) is 0 Å². The van der Waals surface area contributed by atoms with Gasteiger partial charge in [0.15, 0.2) is 0 Å². The summed E-state index contributed by atoms with van der Waals surface area (Å²) in [6.45, 7) is 2.43. The first kappa shape index (κ1) is 14.4. The first-order valence-electron chi connectivity index (χ1n) is 5.47. The standard InChI is InChI=1S/C11H17N3O3S/c1-7(18(2)17)3-5-13-10-9(12)8(11(15)16)4-6-14-10/h4,6-7H,3,5,12H2,1-2H3,(H,13,14)(H,15,16). The Morgan fingerprint density at radius 2 is 2.33 bits per heavy atom. The van der Waals surface area contributed by atoms with E-state index in [4.69, 9.17) is 10.8 Å². The molecule has 4 N–H and O–H groups in total. The Hall–Kier alpha value is -1.63. The highest BCUT2D eigenvalue weighted by Gasteiger charge is 2.12. The van der Waals surface area contributed by atoms with E-state index in [0.29, 0.717) is 18.8 Å². The third kappa shape index (κ3) is 3.69. The number of nitrogen functional groups attached to an aromatic ring is 1. The summed E-state index contributed by atoms with van der Waals surface area (Å²) in [7, 11) is -0.871. The van der Waals surface area contributed by atoms with Crippen molar-refractivity contribution in [2.24, 2.45) is 0 Å². The number of nitrogens with zero attached hydrogens (tertiary/aromatic N) is 1. The number of hydrogen-bond acceptors (Lipinski definition) is 5. The quantitative estimate of drug-likeness (QED) is 0.711. The van der Waals surface area contributed by atoms with E-state index in [1.807, 2.05) is 6.92 Å². The van der Waals surface area contributed by atoms with Crippen molar-refractivity contribution in [3.05, 3.63) is 17.8 Å².